The Labute approximate surface area is 145 Å². The fourth-order valence-electron chi connectivity index (χ4n) is 1.61. The Kier molecular flexibility index (Phi) is 5.38. The summed E-state index contributed by atoms with van der Waals surface area (Å²) >= 11 is 21.3. The topological polar surface area (TPSA) is 41.1 Å². The summed E-state index contributed by atoms with van der Waals surface area (Å²) in [4.78, 5) is 12.0. The lowest BCUT2D eigenvalue weighted by Crippen LogP contribution is -2.20. The second-order valence-corrected chi connectivity index (χ2v) is 6.39. The molecule has 0 aliphatic rings. The number of aryl methyl sites for hydroxylation is 1. The number of nitrogens with one attached hydrogen (secondary N) is 2. The van der Waals surface area contributed by atoms with Crippen molar-refractivity contribution in [3.63, 3.8) is 0 Å². The molecule has 21 heavy (non-hydrogen) atoms. The highest BCUT2D eigenvalue weighted by molar-refractivity contribution is 9.10. The number of urea groups is 1. The summed E-state index contributed by atoms with van der Waals surface area (Å²) in [5.74, 6) is 0. The molecule has 0 spiro atoms. The molecule has 2 aromatic rings. The smallest absolute Gasteiger partial charge is 0.307 e. The first kappa shape index (κ1) is 16.4. The van der Waals surface area contributed by atoms with Crippen LogP contribution in [0, 0.1) is 6.92 Å². The van der Waals surface area contributed by atoms with Crippen LogP contribution in [0.2, 0.25) is 15.1 Å². The molecule has 0 fully saturated rings. The van der Waals surface area contributed by atoms with Gasteiger partial charge in [-0.25, -0.2) is 4.79 Å². The van der Waals surface area contributed by atoms with Crippen molar-refractivity contribution in [2.24, 2.45) is 0 Å². The summed E-state index contributed by atoms with van der Waals surface area (Å²) < 4.78 is 0.733. The third-order valence-electron chi connectivity index (χ3n) is 2.67. The molecule has 2 aromatic carbocycles. The van der Waals surface area contributed by atoms with Gasteiger partial charge in [0.2, 0.25) is 0 Å². The molecule has 0 aliphatic heterocycles. The molecular weight excluding hydrogens is 398 g/mol. The molecule has 7 heteroatoms. The zero-order chi connectivity index (χ0) is 15.6. The highest BCUT2D eigenvalue weighted by Crippen LogP contribution is 2.30. The van der Waals surface area contributed by atoms with E-state index in [2.05, 4.69) is 26.6 Å². The van der Waals surface area contributed by atoms with Crippen LogP contribution in [0.25, 0.3) is 0 Å². The first-order chi connectivity index (χ1) is 9.86. The first-order valence-electron chi connectivity index (χ1n) is 5.85. The zero-order valence-electron chi connectivity index (χ0n) is 10.8. The molecule has 0 unspecified atom stereocenters. The van der Waals surface area contributed by atoms with Crippen LogP contribution in [0.1, 0.15) is 5.56 Å². The lowest BCUT2D eigenvalue weighted by molar-refractivity contribution is 0.262. The van der Waals surface area contributed by atoms with E-state index < -0.39 is 6.03 Å². The molecule has 0 aliphatic carbocycles. The molecule has 0 radical (unpaired) electrons. The minimum absolute atomic E-state index is 0.399. The monoisotopic (exact) mass is 406 g/mol. The van der Waals surface area contributed by atoms with E-state index in [4.69, 9.17) is 34.8 Å². The number of benzene rings is 2. The van der Waals surface area contributed by atoms with Crippen LogP contribution in [0.15, 0.2) is 34.8 Å². The molecule has 0 bridgehead atoms. The van der Waals surface area contributed by atoms with Crippen molar-refractivity contribution in [2.75, 3.05) is 10.6 Å². The summed E-state index contributed by atoms with van der Waals surface area (Å²) in [6, 6.07) is 7.87. The van der Waals surface area contributed by atoms with E-state index in [1.54, 1.807) is 24.3 Å². The van der Waals surface area contributed by atoms with Crippen LogP contribution in [-0.4, -0.2) is 6.03 Å². The van der Waals surface area contributed by atoms with E-state index in [0.29, 0.717) is 26.4 Å². The third-order valence-corrected chi connectivity index (χ3v) is 4.30. The van der Waals surface area contributed by atoms with Gasteiger partial charge in [0.25, 0.3) is 0 Å². The maximum atomic E-state index is 12.0. The van der Waals surface area contributed by atoms with Crippen LogP contribution in [-0.2, 0) is 0 Å². The predicted octanol–water partition coefficient (Wildman–Crippen LogP) is 6.36. The summed E-state index contributed by atoms with van der Waals surface area (Å²) in [6.45, 7) is 1.88. The molecule has 0 saturated carbocycles. The third kappa shape index (κ3) is 4.27. The van der Waals surface area contributed by atoms with E-state index in [0.717, 1.165) is 10.0 Å². The van der Waals surface area contributed by atoms with Gasteiger partial charge in [0.1, 0.15) is 0 Å². The number of hydrogen-bond donors (Lipinski definition) is 2. The second-order valence-electron chi connectivity index (χ2n) is 4.28. The second kappa shape index (κ2) is 6.88. The van der Waals surface area contributed by atoms with Crippen LogP contribution in [0.5, 0.6) is 0 Å². The number of carbonyl (C=O) groups excluding carboxylic acids is 1. The van der Waals surface area contributed by atoms with Gasteiger partial charge in [-0.15, -0.1) is 0 Å². The lowest BCUT2D eigenvalue weighted by atomic mass is 10.2. The van der Waals surface area contributed by atoms with Gasteiger partial charge >= 0.3 is 6.03 Å². The van der Waals surface area contributed by atoms with Gasteiger partial charge in [0, 0.05) is 14.5 Å². The fraction of sp³-hybridized carbons (Fsp3) is 0.0714. The van der Waals surface area contributed by atoms with Gasteiger partial charge in [0.05, 0.1) is 16.4 Å². The van der Waals surface area contributed by atoms with Gasteiger partial charge in [0.15, 0.2) is 0 Å². The van der Waals surface area contributed by atoms with Crippen LogP contribution < -0.4 is 10.6 Å². The number of carbonyl (C=O) groups is 1. The molecule has 2 N–H and O–H groups in total. The lowest BCUT2D eigenvalue weighted by Gasteiger charge is -2.12. The van der Waals surface area contributed by atoms with E-state index in [-0.39, 0.29) is 0 Å². The Bertz CT molecular complexity index is 707. The Morgan fingerprint density at radius 2 is 1.67 bits per heavy atom. The minimum atomic E-state index is -0.445. The Morgan fingerprint density at radius 3 is 2.38 bits per heavy atom. The number of amides is 2. The highest BCUT2D eigenvalue weighted by atomic mass is 79.9. The summed E-state index contributed by atoms with van der Waals surface area (Å²) in [5, 5.41) is 6.76. The maximum absolute atomic E-state index is 12.0. The summed E-state index contributed by atoms with van der Waals surface area (Å²) in [6.07, 6.45) is 0. The molecule has 0 saturated heterocycles. The van der Waals surface area contributed by atoms with Crippen molar-refractivity contribution in [3.8, 4) is 0 Å². The molecule has 0 atom stereocenters. The van der Waals surface area contributed by atoms with Crippen molar-refractivity contribution in [2.45, 2.75) is 6.92 Å². The maximum Gasteiger partial charge on any atom is 0.323 e. The Hall–Kier alpha value is -0.940. The Balaban J connectivity index is 2.15. The molecular formula is C14H10BrCl3N2O. The number of rotatable bonds is 2. The van der Waals surface area contributed by atoms with Gasteiger partial charge < -0.3 is 10.6 Å². The molecule has 2 rings (SSSR count). The normalized spacial score (nSPS) is 10.3. The largest absolute Gasteiger partial charge is 0.323 e. The van der Waals surface area contributed by atoms with Crippen LogP contribution in [0.4, 0.5) is 16.2 Å². The number of anilines is 2. The zero-order valence-corrected chi connectivity index (χ0v) is 14.7. The van der Waals surface area contributed by atoms with Crippen molar-refractivity contribution in [3.05, 3.63) is 55.4 Å². The quantitative estimate of drug-likeness (QED) is 0.596. The molecule has 0 aromatic heterocycles. The molecule has 0 heterocycles. The average Bonchev–Trinajstić information content (AvgIpc) is 2.40. The first-order valence-corrected chi connectivity index (χ1v) is 7.78. The average molecular weight is 409 g/mol. The van der Waals surface area contributed by atoms with E-state index in [9.17, 15) is 4.79 Å². The fourth-order valence-corrected chi connectivity index (χ4v) is 2.67. The SMILES string of the molecule is Cc1cc(Br)c(NC(=O)Nc2cc(Cl)ccc2Cl)cc1Cl. The molecule has 3 nitrogen and oxygen atoms in total. The van der Waals surface area contributed by atoms with Crippen molar-refractivity contribution < 1.29 is 4.79 Å². The standard InChI is InChI=1S/C14H10BrCl3N2O/c1-7-4-9(15)12(6-11(7)18)19-14(21)20-13-5-8(16)2-3-10(13)17/h2-6H,1H3,(H2,19,20,21). The van der Waals surface area contributed by atoms with Crippen LogP contribution >= 0.6 is 50.7 Å². The van der Waals surface area contributed by atoms with Crippen LogP contribution in [0.3, 0.4) is 0 Å². The Morgan fingerprint density at radius 1 is 1.00 bits per heavy atom. The summed E-state index contributed by atoms with van der Waals surface area (Å²) in [5.41, 5.74) is 1.89. The van der Waals surface area contributed by atoms with E-state index >= 15 is 0 Å². The number of halogens is 4. The van der Waals surface area contributed by atoms with Gasteiger partial charge in [-0.3, -0.25) is 0 Å². The predicted molar refractivity (Wildman–Crippen MR) is 93.0 cm³/mol. The highest BCUT2D eigenvalue weighted by Gasteiger charge is 2.10. The molecule has 110 valence electrons. The van der Waals surface area contributed by atoms with Gasteiger partial charge in [-0.2, -0.15) is 0 Å². The van der Waals surface area contributed by atoms with Crippen molar-refractivity contribution in [1.82, 2.24) is 0 Å². The summed E-state index contributed by atoms with van der Waals surface area (Å²) in [7, 11) is 0. The number of hydrogen-bond acceptors (Lipinski definition) is 1. The van der Waals surface area contributed by atoms with E-state index in [1.807, 2.05) is 13.0 Å². The van der Waals surface area contributed by atoms with Gasteiger partial charge in [-0.1, -0.05) is 34.8 Å². The molecule has 2 amide bonds. The van der Waals surface area contributed by atoms with E-state index in [1.165, 1.54) is 0 Å². The van der Waals surface area contributed by atoms with Crippen molar-refractivity contribution in [1.29, 1.82) is 0 Å². The minimum Gasteiger partial charge on any atom is -0.307 e. The van der Waals surface area contributed by atoms with Gasteiger partial charge in [-0.05, 0) is 58.7 Å². The van der Waals surface area contributed by atoms with Crippen molar-refractivity contribution >= 4 is 68.1 Å².